The summed E-state index contributed by atoms with van der Waals surface area (Å²) in [6, 6.07) is 1.69. The molecular formula is C13H28N2O. The minimum Gasteiger partial charge on any atom is -0.395 e. The van der Waals surface area contributed by atoms with Crippen molar-refractivity contribution in [3.05, 3.63) is 0 Å². The average Bonchev–Trinajstić information content (AvgIpc) is 2.31. The summed E-state index contributed by atoms with van der Waals surface area (Å²) in [6.45, 7) is 5.59. The summed E-state index contributed by atoms with van der Waals surface area (Å²) in [5.74, 6) is 0. The van der Waals surface area contributed by atoms with E-state index in [-0.39, 0.29) is 6.61 Å². The number of rotatable bonds is 6. The minimum absolute atomic E-state index is 0.277. The van der Waals surface area contributed by atoms with Crippen LogP contribution in [0.25, 0.3) is 0 Å². The number of hydrogen-bond donors (Lipinski definition) is 2. The third-order valence-corrected chi connectivity index (χ3v) is 3.98. The number of nitrogens with zero attached hydrogens (tertiary/aromatic N) is 1. The summed E-state index contributed by atoms with van der Waals surface area (Å²) < 4.78 is 0. The highest BCUT2D eigenvalue weighted by atomic mass is 16.3. The largest absolute Gasteiger partial charge is 0.395 e. The van der Waals surface area contributed by atoms with Gasteiger partial charge in [-0.2, -0.15) is 0 Å². The van der Waals surface area contributed by atoms with Crippen LogP contribution in [-0.2, 0) is 0 Å². The van der Waals surface area contributed by atoms with Crippen LogP contribution in [0.2, 0.25) is 0 Å². The molecule has 0 amide bonds. The molecule has 1 aliphatic rings. The van der Waals surface area contributed by atoms with Gasteiger partial charge >= 0.3 is 0 Å². The van der Waals surface area contributed by atoms with E-state index in [4.69, 9.17) is 5.73 Å². The van der Waals surface area contributed by atoms with Gasteiger partial charge in [0.1, 0.15) is 0 Å². The van der Waals surface area contributed by atoms with Crippen LogP contribution < -0.4 is 5.73 Å². The third kappa shape index (κ3) is 3.72. The lowest BCUT2D eigenvalue weighted by Gasteiger charge is -2.40. The molecule has 0 bridgehead atoms. The Morgan fingerprint density at radius 3 is 2.19 bits per heavy atom. The zero-order chi connectivity index (χ0) is 12.0. The van der Waals surface area contributed by atoms with E-state index in [2.05, 4.69) is 18.7 Å². The Bertz CT molecular complexity index is 175. The zero-order valence-corrected chi connectivity index (χ0v) is 10.9. The van der Waals surface area contributed by atoms with E-state index in [1.807, 2.05) is 0 Å². The molecule has 0 aromatic heterocycles. The van der Waals surface area contributed by atoms with Crippen LogP contribution in [0.3, 0.4) is 0 Å². The SMILES string of the molecule is CCC(CC)N(CCO)C1CCC(N)CC1. The minimum atomic E-state index is 0.277. The highest BCUT2D eigenvalue weighted by Gasteiger charge is 2.27. The van der Waals surface area contributed by atoms with Crippen LogP contribution in [0.4, 0.5) is 0 Å². The molecule has 1 aliphatic carbocycles. The van der Waals surface area contributed by atoms with Gasteiger partial charge in [0, 0.05) is 24.7 Å². The van der Waals surface area contributed by atoms with Gasteiger partial charge in [0.2, 0.25) is 0 Å². The average molecular weight is 228 g/mol. The van der Waals surface area contributed by atoms with Gasteiger partial charge in [-0.15, -0.1) is 0 Å². The Hall–Kier alpha value is -0.120. The standard InChI is InChI=1S/C13H28N2O/c1-3-12(4-2)15(9-10-16)13-7-5-11(14)6-8-13/h11-13,16H,3-10,14H2,1-2H3. The van der Waals surface area contributed by atoms with E-state index < -0.39 is 0 Å². The second-order valence-corrected chi connectivity index (χ2v) is 5.00. The molecule has 3 heteroatoms. The first-order valence-corrected chi connectivity index (χ1v) is 6.85. The molecule has 0 heterocycles. The van der Waals surface area contributed by atoms with Crippen LogP contribution in [0.5, 0.6) is 0 Å². The topological polar surface area (TPSA) is 49.5 Å². The molecule has 0 atom stereocenters. The van der Waals surface area contributed by atoms with Crippen molar-refractivity contribution in [2.45, 2.75) is 70.5 Å². The smallest absolute Gasteiger partial charge is 0.0558 e. The number of hydrogen-bond acceptors (Lipinski definition) is 3. The van der Waals surface area contributed by atoms with Crippen molar-refractivity contribution in [3.8, 4) is 0 Å². The van der Waals surface area contributed by atoms with Crippen LogP contribution in [0.1, 0.15) is 52.4 Å². The van der Waals surface area contributed by atoms with Gasteiger partial charge in [-0.05, 0) is 38.5 Å². The Labute approximate surface area is 100 Å². The maximum Gasteiger partial charge on any atom is 0.0558 e. The fourth-order valence-electron chi connectivity index (χ4n) is 2.97. The quantitative estimate of drug-likeness (QED) is 0.728. The first-order chi connectivity index (χ1) is 7.72. The van der Waals surface area contributed by atoms with Crippen LogP contribution in [-0.4, -0.2) is 41.3 Å². The Morgan fingerprint density at radius 2 is 1.75 bits per heavy atom. The second kappa shape index (κ2) is 7.25. The molecule has 0 unspecified atom stereocenters. The van der Waals surface area contributed by atoms with E-state index in [9.17, 15) is 5.11 Å². The van der Waals surface area contributed by atoms with Crippen molar-refractivity contribution in [1.29, 1.82) is 0 Å². The van der Waals surface area contributed by atoms with Gasteiger partial charge < -0.3 is 10.8 Å². The molecule has 3 nitrogen and oxygen atoms in total. The Balaban J connectivity index is 2.54. The number of aliphatic hydroxyl groups excluding tert-OH is 1. The summed E-state index contributed by atoms with van der Waals surface area (Å²) in [7, 11) is 0. The van der Waals surface area contributed by atoms with E-state index in [0.29, 0.717) is 18.1 Å². The van der Waals surface area contributed by atoms with Crippen molar-refractivity contribution >= 4 is 0 Å². The van der Waals surface area contributed by atoms with E-state index in [1.165, 1.54) is 25.7 Å². The monoisotopic (exact) mass is 228 g/mol. The first-order valence-electron chi connectivity index (χ1n) is 6.85. The van der Waals surface area contributed by atoms with Gasteiger partial charge in [-0.3, -0.25) is 4.90 Å². The molecule has 0 saturated heterocycles. The van der Waals surface area contributed by atoms with E-state index >= 15 is 0 Å². The lowest BCUT2D eigenvalue weighted by atomic mass is 9.89. The molecule has 0 spiro atoms. The van der Waals surface area contributed by atoms with Gasteiger partial charge in [0.15, 0.2) is 0 Å². The first kappa shape index (κ1) is 13.9. The van der Waals surface area contributed by atoms with E-state index in [0.717, 1.165) is 19.4 Å². The van der Waals surface area contributed by atoms with Crippen LogP contribution in [0.15, 0.2) is 0 Å². The van der Waals surface area contributed by atoms with Gasteiger partial charge in [0.25, 0.3) is 0 Å². The van der Waals surface area contributed by atoms with E-state index in [1.54, 1.807) is 0 Å². The van der Waals surface area contributed by atoms with Gasteiger partial charge in [0.05, 0.1) is 6.61 Å². The summed E-state index contributed by atoms with van der Waals surface area (Å²) in [5.41, 5.74) is 5.94. The van der Waals surface area contributed by atoms with Crippen molar-refractivity contribution in [3.63, 3.8) is 0 Å². The maximum absolute atomic E-state index is 9.19. The predicted octanol–water partition coefficient (Wildman–Crippen LogP) is 1.74. The summed E-state index contributed by atoms with van der Waals surface area (Å²) in [5, 5.41) is 9.19. The highest BCUT2D eigenvalue weighted by molar-refractivity contribution is 4.84. The molecule has 1 fully saturated rings. The number of nitrogens with two attached hydrogens (primary N) is 1. The lowest BCUT2D eigenvalue weighted by molar-refractivity contribution is 0.0731. The normalized spacial score (nSPS) is 26.6. The summed E-state index contributed by atoms with van der Waals surface area (Å²) in [6.07, 6.45) is 7.06. The molecule has 0 aromatic rings. The van der Waals surface area contributed by atoms with Gasteiger partial charge in [-0.25, -0.2) is 0 Å². The maximum atomic E-state index is 9.19. The van der Waals surface area contributed by atoms with Crippen molar-refractivity contribution < 1.29 is 5.11 Å². The molecule has 16 heavy (non-hydrogen) atoms. The second-order valence-electron chi connectivity index (χ2n) is 5.00. The summed E-state index contributed by atoms with van der Waals surface area (Å²) in [4.78, 5) is 2.52. The fraction of sp³-hybridized carbons (Fsp3) is 1.00. The molecule has 1 rings (SSSR count). The highest BCUT2D eigenvalue weighted by Crippen LogP contribution is 2.25. The Morgan fingerprint density at radius 1 is 1.19 bits per heavy atom. The Kier molecular flexibility index (Phi) is 6.32. The summed E-state index contributed by atoms with van der Waals surface area (Å²) >= 11 is 0. The fourth-order valence-corrected chi connectivity index (χ4v) is 2.97. The number of aliphatic hydroxyl groups is 1. The zero-order valence-electron chi connectivity index (χ0n) is 10.9. The molecular weight excluding hydrogens is 200 g/mol. The lowest BCUT2D eigenvalue weighted by Crippen LogP contribution is -2.47. The molecule has 0 aliphatic heterocycles. The van der Waals surface area contributed by atoms with Crippen molar-refractivity contribution in [2.75, 3.05) is 13.2 Å². The molecule has 1 saturated carbocycles. The van der Waals surface area contributed by atoms with Crippen molar-refractivity contribution in [1.82, 2.24) is 4.90 Å². The third-order valence-electron chi connectivity index (χ3n) is 3.98. The molecule has 0 radical (unpaired) electrons. The molecule has 0 aromatic carbocycles. The predicted molar refractivity (Wildman–Crippen MR) is 68.4 cm³/mol. The van der Waals surface area contributed by atoms with Gasteiger partial charge in [-0.1, -0.05) is 13.8 Å². The molecule has 3 N–H and O–H groups in total. The van der Waals surface area contributed by atoms with Crippen LogP contribution in [0, 0.1) is 0 Å². The van der Waals surface area contributed by atoms with Crippen molar-refractivity contribution in [2.24, 2.45) is 5.73 Å². The molecule has 96 valence electrons. The van der Waals surface area contributed by atoms with Crippen LogP contribution >= 0.6 is 0 Å².